The van der Waals surface area contributed by atoms with Crippen molar-refractivity contribution in [3.8, 4) is 6.07 Å². The summed E-state index contributed by atoms with van der Waals surface area (Å²) in [4.78, 5) is 23.1. The minimum atomic E-state index is -0.150. The van der Waals surface area contributed by atoms with E-state index in [4.69, 9.17) is 5.26 Å². The Kier molecular flexibility index (Phi) is 5.00. The fourth-order valence-electron chi connectivity index (χ4n) is 2.25. The van der Waals surface area contributed by atoms with Crippen LogP contribution < -0.4 is 0 Å². The summed E-state index contributed by atoms with van der Waals surface area (Å²) >= 11 is 0. The standard InChI is InChI=1S/C18H15NO2/c19-13-14-6-8-15(9-7-14)17(10-11-20)12-18(21)16-4-2-1-3-5-16/h1-9,11,17H,10,12H2/t17-/m1/s1. The molecule has 0 amide bonds. The van der Waals surface area contributed by atoms with Gasteiger partial charge in [-0.15, -0.1) is 0 Å². The Morgan fingerprint density at radius 3 is 2.33 bits per heavy atom. The fraction of sp³-hybridized carbons (Fsp3) is 0.167. The van der Waals surface area contributed by atoms with E-state index in [1.807, 2.05) is 30.3 Å². The van der Waals surface area contributed by atoms with E-state index in [1.165, 1.54) is 0 Å². The first-order chi connectivity index (χ1) is 10.2. The average Bonchev–Trinajstić information content (AvgIpc) is 2.55. The molecule has 0 unspecified atom stereocenters. The lowest BCUT2D eigenvalue weighted by atomic mass is 9.89. The number of hydrogen-bond acceptors (Lipinski definition) is 3. The number of hydrogen-bond donors (Lipinski definition) is 0. The second-order valence-electron chi connectivity index (χ2n) is 4.83. The number of nitriles is 1. The van der Waals surface area contributed by atoms with Crippen molar-refractivity contribution < 1.29 is 9.59 Å². The third-order valence-corrected chi connectivity index (χ3v) is 3.42. The Labute approximate surface area is 123 Å². The van der Waals surface area contributed by atoms with Crippen molar-refractivity contribution in [3.63, 3.8) is 0 Å². The van der Waals surface area contributed by atoms with Crippen LogP contribution in [-0.2, 0) is 4.79 Å². The minimum absolute atomic E-state index is 0.0202. The fourth-order valence-corrected chi connectivity index (χ4v) is 2.25. The topological polar surface area (TPSA) is 57.9 Å². The lowest BCUT2D eigenvalue weighted by molar-refractivity contribution is -0.108. The number of rotatable bonds is 6. The first-order valence-corrected chi connectivity index (χ1v) is 6.76. The molecule has 2 aromatic carbocycles. The van der Waals surface area contributed by atoms with Crippen LogP contribution in [0.25, 0.3) is 0 Å². The molecule has 0 saturated heterocycles. The Morgan fingerprint density at radius 1 is 1.10 bits per heavy atom. The maximum atomic E-state index is 12.3. The number of carbonyl (C=O) groups is 2. The second kappa shape index (κ2) is 7.16. The van der Waals surface area contributed by atoms with Crippen molar-refractivity contribution in [2.75, 3.05) is 0 Å². The predicted molar refractivity (Wildman–Crippen MR) is 80.0 cm³/mol. The highest BCUT2D eigenvalue weighted by molar-refractivity contribution is 5.96. The molecule has 0 aromatic heterocycles. The van der Waals surface area contributed by atoms with Crippen LogP contribution in [0.5, 0.6) is 0 Å². The van der Waals surface area contributed by atoms with Gasteiger partial charge >= 0.3 is 0 Å². The van der Waals surface area contributed by atoms with Gasteiger partial charge in [0, 0.05) is 18.4 Å². The smallest absolute Gasteiger partial charge is 0.163 e. The highest BCUT2D eigenvalue weighted by Crippen LogP contribution is 2.25. The third-order valence-electron chi connectivity index (χ3n) is 3.42. The van der Waals surface area contributed by atoms with Crippen LogP contribution in [0.4, 0.5) is 0 Å². The molecule has 0 heterocycles. The molecule has 104 valence electrons. The van der Waals surface area contributed by atoms with Crippen molar-refractivity contribution in [2.45, 2.75) is 18.8 Å². The van der Waals surface area contributed by atoms with Gasteiger partial charge in [-0.05, 0) is 23.6 Å². The van der Waals surface area contributed by atoms with Crippen molar-refractivity contribution >= 4 is 12.1 Å². The van der Waals surface area contributed by atoms with Crippen LogP contribution in [0.1, 0.15) is 40.2 Å². The molecule has 0 bridgehead atoms. The Morgan fingerprint density at radius 2 is 1.76 bits per heavy atom. The molecule has 1 atom stereocenters. The molecule has 0 radical (unpaired) electrons. The molecule has 0 aliphatic heterocycles. The molecular weight excluding hydrogens is 262 g/mol. The summed E-state index contributed by atoms with van der Waals surface area (Å²) in [5.41, 5.74) is 2.13. The SMILES string of the molecule is N#Cc1ccc([C@H](CC=O)CC(=O)c2ccccc2)cc1. The van der Waals surface area contributed by atoms with Gasteiger partial charge in [-0.1, -0.05) is 42.5 Å². The number of carbonyl (C=O) groups excluding carboxylic acids is 2. The van der Waals surface area contributed by atoms with Gasteiger partial charge in [0.25, 0.3) is 0 Å². The first-order valence-electron chi connectivity index (χ1n) is 6.76. The van der Waals surface area contributed by atoms with Crippen LogP contribution in [0, 0.1) is 11.3 Å². The van der Waals surface area contributed by atoms with Crippen molar-refractivity contribution in [3.05, 3.63) is 71.3 Å². The summed E-state index contributed by atoms with van der Waals surface area (Å²) in [7, 11) is 0. The summed E-state index contributed by atoms with van der Waals surface area (Å²) < 4.78 is 0. The number of ketones is 1. The second-order valence-corrected chi connectivity index (χ2v) is 4.83. The normalized spacial score (nSPS) is 11.4. The third kappa shape index (κ3) is 3.87. The Bertz CT molecular complexity index is 654. The van der Waals surface area contributed by atoms with Gasteiger partial charge in [-0.2, -0.15) is 5.26 Å². The van der Waals surface area contributed by atoms with Gasteiger partial charge in [-0.25, -0.2) is 0 Å². The van der Waals surface area contributed by atoms with Gasteiger partial charge in [0.1, 0.15) is 6.29 Å². The molecule has 0 aliphatic carbocycles. The van der Waals surface area contributed by atoms with Gasteiger partial charge < -0.3 is 4.79 Å². The predicted octanol–water partition coefficient (Wildman–Crippen LogP) is 3.50. The maximum Gasteiger partial charge on any atom is 0.163 e. The van der Waals surface area contributed by atoms with Crippen molar-refractivity contribution in [2.24, 2.45) is 0 Å². The van der Waals surface area contributed by atoms with Crippen molar-refractivity contribution in [1.29, 1.82) is 5.26 Å². The number of Topliss-reactive ketones (excluding diaryl/α,β-unsaturated/α-hetero) is 1. The van der Waals surface area contributed by atoms with E-state index in [0.29, 0.717) is 17.5 Å². The van der Waals surface area contributed by atoms with E-state index in [9.17, 15) is 9.59 Å². The van der Waals surface area contributed by atoms with Gasteiger partial charge in [0.05, 0.1) is 11.6 Å². The lowest BCUT2D eigenvalue weighted by Crippen LogP contribution is -2.08. The molecule has 21 heavy (non-hydrogen) atoms. The number of nitrogens with zero attached hydrogens (tertiary/aromatic N) is 1. The van der Waals surface area contributed by atoms with E-state index < -0.39 is 0 Å². The molecule has 0 N–H and O–H groups in total. The highest BCUT2D eigenvalue weighted by atomic mass is 16.1. The van der Waals surface area contributed by atoms with Crippen LogP contribution >= 0.6 is 0 Å². The summed E-state index contributed by atoms with van der Waals surface area (Å²) in [6.07, 6.45) is 1.42. The Hall–Kier alpha value is -2.73. The largest absolute Gasteiger partial charge is 0.303 e. The average molecular weight is 277 g/mol. The van der Waals surface area contributed by atoms with E-state index in [0.717, 1.165) is 11.8 Å². The summed E-state index contributed by atoms with van der Waals surface area (Å²) in [5, 5.41) is 8.80. The maximum absolute atomic E-state index is 12.3. The molecular formula is C18H15NO2. The van der Waals surface area contributed by atoms with Gasteiger partial charge in [0.2, 0.25) is 0 Å². The molecule has 0 spiro atoms. The summed E-state index contributed by atoms with van der Waals surface area (Å²) in [5.74, 6) is -0.130. The zero-order chi connectivity index (χ0) is 15.1. The van der Waals surface area contributed by atoms with E-state index >= 15 is 0 Å². The van der Waals surface area contributed by atoms with Crippen molar-refractivity contribution in [1.82, 2.24) is 0 Å². The monoisotopic (exact) mass is 277 g/mol. The molecule has 3 heteroatoms. The van der Waals surface area contributed by atoms with Crippen LogP contribution in [0.15, 0.2) is 54.6 Å². The molecule has 0 fully saturated rings. The molecule has 3 nitrogen and oxygen atoms in total. The number of benzene rings is 2. The number of aldehydes is 1. The van der Waals surface area contributed by atoms with Gasteiger partial charge in [-0.3, -0.25) is 4.79 Å². The van der Waals surface area contributed by atoms with Crippen LogP contribution in [0.3, 0.4) is 0 Å². The van der Waals surface area contributed by atoms with Crippen LogP contribution in [-0.4, -0.2) is 12.1 Å². The Balaban J connectivity index is 2.17. The minimum Gasteiger partial charge on any atom is -0.303 e. The quantitative estimate of drug-likeness (QED) is 0.599. The van der Waals surface area contributed by atoms with E-state index in [-0.39, 0.29) is 18.1 Å². The lowest BCUT2D eigenvalue weighted by Gasteiger charge is -2.14. The summed E-state index contributed by atoms with van der Waals surface area (Å²) in [6.45, 7) is 0. The first kappa shape index (κ1) is 14.7. The van der Waals surface area contributed by atoms with E-state index in [2.05, 4.69) is 6.07 Å². The molecule has 0 aliphatic rings. The van der Waals surface area contributed by atoms with E-state index in [1.54, 1.807) is 24.3 Å². The summed E-state index contributed by atoms with van der Waals surface area (Å²) in [6, 6.07) is 18.2. The van der Waals surface area contributed by atoms with Gasteiger partial charge in [0.15, 0.2) is 5.78 Å². The zero-order valence-electron chi connectivity index (χ0n) is 11.5. The molecule has 2 aromatic rings. The van der Waals surface area contributed by atoms with Crippen LogP contribution in [0.2, 0.25) is 0 Å². The highest BCUT2D eigenvalue weighted by Gasteiger charge is 2.17. The molecule has 0 saturated carbocycles. The zero-order valence-corrected chi connectivity index (χ0v) is 11.5. The molecule has 2 rings (SSSR count).